The molecule has 2 amide bonds. The molecule has 0 aromatic carbocycles. The Morgan fingerprint density at radius 1 is 1.19 bits per heavy atom. The Bertz CT molecular complexity index is 457. The molecule has 5 nitrogen and oxygen atoms in total. The van der Waals surface area contributed by atoms with Gasteiger partial charge in [-0.3, -0.25) is 4.90 Å². The number of piperazine rings is 1. The van der Waals surface area contributed by atoms with Crippen LogP contribution in [0.15, 0.2) is 0 Å². The average Bonchev–Trinajstić information content (AvgIpc) is 2.79. The van der Waals surface area contributed by atoms with Crippen molar-refractivity contribution in [1.29, 1.82) is 0 Å². The molecule has 1 saturated heterocycles. The van der Waals surface area contributed by atoms with Crippen molar-refractivity contribution in [2.75, 3.05) is 39.3 Å². The van der Waals surface area contributed by atoms with E-state index in [2.05, 4.69) is 23.7 Å². The molecule has 0 aliphatic carbocycles. The van der Waals surface area contributed by atoms with E-state index in [0.29, 0.717) is 0 Å². The highest BCUT2D eigenvalue weighted by Crippen LogP contribution is 2.19. The SMILES string of the molecule is CCN(CC)C(=O)N1CCN(Cc2nc(C)c(C)s2)CC1. The van der Waals surface area contributed by atoms with E-state index >= 15 is 0 Å². The number of thiazole rings is 1. The summed E-state index contributed by atoms with van der Waals surface area (Å²) in [5.74, 6) is 0. The molecule has 0 unspecified atom stereocenters. The van der Waals surface area contributed by atoms with E-state index in [0.717, 1.165) is 51.5 Å². The predicted molar refractivity (Wildman–Crippen MR) is 86.8 cm³/mol. The van der Waals surface area contributed by atoms with E-state index in [1.165, 1.54) is 9.88 Å². The van der Waals surface area contributed by atoms with E-state index in [9.17, 15) is 4.79 Å². The van der Waals surface area contributed by atoms with Crippen molar-refractivity contribution in [1.82, 2.24) is 19.7 Å². The number of urea groups is 1. The summed E-state index contributed by atoms with van der Waals surface area (Å²) in [7, 11) is 0. The van der Waals surface area contributed by atoms with Crippen LogP contribution in [0.3, 0.4) is 0 Å². The lowest BCUT2D eigenvalue weighted by Crippen LogP contribution is -2.52. The molecule has 1 aliphatic heterocycles. The molecule has 0 atom stereocenters. The molecular weight excluding hydrogens is 284 g/mol. The maximum absolute atomic E-state index is 12.3. The van der Waals surface area contributed by atoms with E-state index in [4.69, 9.17) is 0 Å². The van der Waals surface area contributed by atoms with Crippen molar-refractivity contribution in [3.8, 4) is 0 Å². The molecule has 0 N–H and O–H groups in total. The summed E-state index contributed by atoms with van der Waals surface area (Å²) < 4.78 is 0. The van der Waals surface area contributed by atoms with Crippen molar-refractivity contribution in [2.45, 2.75) is 34.2 Å². The number of rotatable bonds is 4. The van der Waals surface area contributed by atoms with Crippen LogP contribution in [-0.2, 0) is 6.54 Å². The summed E-state index contributed by atoms with van der Waals surface area (Å²) in [6.45, 7) is 14.2. The van der Waals surface area contributed by atoms with Crippen molar-refractivity contribution < 1.29 is 4.79 Å². The van der Waals surface area contributed by atoms with Crippen LogP contribution >= 0.6 is 11.3 Å². The minimum absolute atomic E-state index is 0.181. The molecule has 0 spiro atoms. The molecular formula is C15H26N4OS. The Kier molecular flexibility index (Phi) is 5.58. The van der Waals surface area contributed by atoms with E-state index in [1.54, 1.807) is 11.3 Å². The summed E-state index contributed by atoms with van der Waals surface area (Å²) in [6.07, 6.45) is 0. The lowest BCUT2D eigenvalue weighted by Gasteiger charge is -2.36. The molecule has 21 heavy (non-hydrogen) atoms. The van der Waals surface area contributed by atoms with Crippen LogP contribution in [0.25, 0.3) is 0 Å². The van der Waals surface area contributed by atoms with Crippen LogP contribution in [0.1, 0.15) is 29.4 Å². The molecule has 1 aromatic heterocycles. The highest BCUT2D eigenvalue weighted by Gasteiger charge is 2.24. The third-order valence-corrected chi connectivity index (χ3v) is 5.17. The summed E-state index contributed by atoms with van der Waals surface area (Å²) in [6, 6.07) is 0.181. The van der Waals surface area contributed by atoms with Crippen molar-refractivity contribution >= 4 is 17.4 Å². The highest BCUT2D eigenvalue weighted by atomic mass is 32.1. The third-order valence-electron chi connectivity index (χ3n) is 4.11. The number of carbonyl (C=O) groups is 1. The van der Waals surface area contributed by atoms with Gasteiger partial charge in [0.1, 0.15) is 5.01 Å². The van der Waals surface area contributed by atoms with E-state index in [1.807, 2.05) is 23.6 Å². The fraction of sp³-hybridized carbons (Fsp3) is 0.733. The van der Waals surface area contributed by atoms with Gasteiger partial charge in [0.25, 0.3) is 0 Å². The third kappa shape index (κ3) is 3.95. The molecule has 0 radical (unpaired) electrons. The smallest absolute Gasteiger partial charge is 0.320 e. The monoisotopic (exact) mass is 310 g/mol. The second-order valence-corrected chi connectivity index (χ2v) is 6.76. The van der Waals surface area contributed by atoms with Crippen LogP contribution in [-0.4, -0.2) is 65.0 Å². The number of hydrogen-bond acceptors (Lipinski definition) is 4. The molecule has 0 saturated carbocycles. The van der Waals surface area contributed by atoms with Crippen LogP contribution in [0.4, 0.5) is 4.79 Å². The summed E-state index contributed by atoms with van der Waals surface area (Å²) in [4.78, 5) is 24.5. The first kappa shape index (κ1) is 16.2. The van der Waals surface area contributed by atoms with Gasteiger partial charge >= 0.3 is 6.03 Å². The fourth-order valence-electron chi connectivity index (χ4n) is 2.59. The maximum atomic E-state index is 12.3. The standard InChI is InChI=1S/C15H26N4OS/c1-5-18(6-2)15(20)19-9-7-17(8-10-19)11-14-16-12(3)13(4)21-14/h5-11H2,1-4H3. The largest absolute Gasteiger partial charge is 0.325 e. The van der Waals surface area contributed by atoms with Crippen molar-refractivity contribution in [3.63, 3.8) is 0 Å². The molecule has 1 aromatic rings. The first-order chi connectivity index (χ1) is 10.0. The highest BCUT2D eigenvalue weighted by molar-refractivity contribution is 7.11. The van der Waals surface area contributed by atoms with Crippen LogP contribution < -0.4 is 0 Å². The van der Waals surface area contributed by atoms with E-state index < -0.39 is 0 Å². The van der Waals surface area contributed by atoms with E-state index in [-0.39, 0.29) is 6.03 Å². The summed E-state index contributed by atoms with van der Waals surface area (Å²) in [5.41, 5.74) is 1.14. The number of aromatic nitrogens is 1. The van der Waals surface area contributed by atoms with Gasteiger partial charge in [0.15, 0.2) is 0 Å². The zero-order valence-corrected chi connectivity index (χ0v) is 14.4. The normalized spacial score (nSPS) is 16.3. The van der Waals surface area contributed by atoms with Gasteiger partial charge in [0.2, 0.25) is 0 Å². The number of aryl methyl sites for hydroxylation is 2. The Morgan fingerprint density at radius 2 is 1.81 bits per heavy atom. The van der Waals surface area contributed by atoms with Gasteiger partial charge in [0, 0.05) is 44.1 Å². The molecule has 1 fully saturated rings. The van der Waals surface area contributed by atoms with Gasteiger partial charge in [-0.1, -0.05) is 0 Å². The quantitative estimate of drug-likeness (QED) is 0.857. The zero-order chi connectivity index (χ0) is 15.4. The molecule has 0 bridgehead atoms. The molecule has 2 heterocycles. The Morgan fingerprint density at radius 3 is 2.29 bits per heavy atom. The number of carbonyl (C=O) groups excluding carboxylic acids is 1. The minimum Gasteiger partial charge on any atom is -0.325 e. The Hall–Kier alpha value is -1.14. The topological polar surface area (TPSA) is 39.7 Å². The first-order valence-electron chi connectivity index (χ1n) is 7.74. The van der Waals surface area contributed by atoms with Gasteiger partial charge in [-0.15, -0.1) is 11.3 Å². The number of nitrogens with zero attached hydrogens (tertiary/aromatic N) is 4. The van der Waals surface area contributed by atoms with Crippen molar-refractivity contribution in [2.24, 2.45) is 0 Å². The minimum atomic E-state index is 0.181. The Balaban J connectivity index is 1.84. The van der Waals surface area contributed by atoms with Gasteiger partial charge in [-0.2, -0.15) is 0 Å². The zero-order valence-electron chi connectivity index (χ0n) is 13.6. The van der Waals surface area contributed by atoms with Crippen LogP contribution in [0.2, 0.25) is 0 Å². The molecule has 118 valence electrons. The fourth-order valence-corrected chi connectivity index (χ4v) is 3.57. The first-order valence-corrected chi connectivity index (χ1v) is 8.55. The van der Waals surface area contributed by atoms with Gasteiger partial charge in [-0.05, 0) is 27.7 Å². The molecule has 2 rings (SSSR count). The predicted octanol–water partition coefficient (Wildman–Crippen LogP) is 2.34. The van der Waals surface area contributed by atoms with Crippen LogP contribution in [0, 0.1) is 13.8 Å². The lowest BCUT2D eigenvalue weighted by atomic mass is 10.3. The van der Waals surface area contributed by atoms with Crippen molar-refractivity contribution in [3.05, 3.63) is 15.6 Å². The maximum Gasteiger partial charge on any atom is 0.320 e. The molecule has 6 heteroatoms. The number of hydrogen-bond donors (Lipinski definition) is 0. The average molecular weight is 310 g/mol. The van der Waals surface area contributed by atoms with Gasteiger partial charge in [-0.25, -0.2) is 9.78 Å². The van der Waals surface area contributed by atoms with Gasteiger partial charge in [0.05, 0.1) is 12.2 Å². The van der Waals surface area contributed by atoms with Crippen LogP contribution in [0.5, 0.6) is 0 Å². The van der Waals surface area contributed by atoms with Gasteiger partial charge < -0.3 is 9.80 Å². The number of amides is 2. The summed E-state index contributed by atoms with van der Waals surface area (Å²) in [5, 5.41) is 1.19. The second kappa shape index (κ2) is 7.22. The second-order valence-electron chi connectivity index (χ2n) is 5.47. The Labute approximate surface area is 131 Å². The molecule has 1 aliphatic rings. The lowest BCUT2D eigenvalue weighted by molar-refractivity contribution is 0.112. The summed E-state index contributed by atoms with van der Waals surface area (Å²) >= 11 is 1.79.